The van der Waals surface area contributed by atoms with E-state index in [0.717, 1.165) is 25.7 Å². The first-order valence-electron chi connectivity index (χ1n) is 6.11. The molecule has 100 valence electrons. The largest absolute Gasteiger partial charge is 0.312 e. The third-order valence-electron chi connectivity index (χ3n) is 3.42. The van der Waals surface area contributed by atoms with Gasteiger partial charge in [-0.05, 0) is 19.9 Å². The predicted octanol–water partition coefficient (Wildman–Crippen LogP) is 2.46. The summed E-state index contributed by atoms with van der Waals surface area (Å²) in [6.45, 7) is 6.07. The number of hydrogen-bond acceptors (Lipinski definition) is 2. The molecule has 0 bridgehead atoms. The molecule has 1 aliphatic heterocycles. The molecule has 5 heteroatoms. The van der Waals surface area contributed by atoms with Crippen molar-refractivity contribution >= 4 is 0 Å². The fraction of sp³-hybridized carbons (Fsp3) is 0.538. The maximum Gasteiger partial charge on any atom is 0.163 e. The van der Waals surface area contributed by atoms with E-state index < -0.39 is 17.5 Å². The third kappa shape index (κ3) is 2.67. The summed E-state index contributed by atoms with van der Waals surface area (Å²) in [5, 5.41) is 3.27. The molecule has 0 unspecified atom stereocenters. The van der Waals surface area contributed by atoms with Gasteiger partial charge < -0.3 is 5.32 Å². The van der Waals surface area contributed by atoms with Gasteiger partial charge in [0.2, 0.25) is 0 Å². The number of piperazine rings is 1. The monoisotopic (exact) mass is 258 g/mol. The summed E-state index contributed by atoms with van der Waals surface area (Å²) in [6.07, 6.45) is 0. The van der Waals surface area contributed by atoms with Crippen LogP contribution >= 0.6 is 0 Å². The van der Waals surface area contributed by atoms with Gasteiger partial charge in [-0.3, -0.25) is 4.90 Å². The van der Waals surface area contributed by atoms with E-state index in [1.807, 2.05) is 11.8 Å². The molecule has 18 heavy (non-hydrogen) atoms. The molecular formula is C13H17F3N2. The molecule has 1 aromatic carbocycles. The van der Waals surface area contributed by atoms with Crippen LogP contribution in [0.2, 0.25) is 0 Å². The van der Waals surface area contributed by atoms with Crippen LogP contribution in [0.3, 0.4) is 0 Å². The second kappa shape index (κ2) is 5.28. The van der Waals surface area contributed by atoms with E-state index in [1.165, 1.54) is 0 Å². The summed E-state index contributed by atoms with van der Waals surface area (Å²) in [6, 6.07) is 1.62. The third-order valence-corrected chi connectivity index (χ3v) is 3.42. The molecule has 0 aromatic heterocycles. The Hall–Kier alpha value is -1.07. The molecule has 0 saturated carbocycles. The van der Waals surface area contributed by atoms with Crippen LogP contribution in [-0.4, -0.2) is 30.6 Å². The van der Waals surface area contributed by atoms with Crippen molar-refractivity contribution in [1.82, 2.24) is 10.2 Å². The fourth-order valence-corrected chi connectivity index (χ4v) is 2.39. The Labute approximate surface area is 105 Å². The van der Waals surface area contributed by atoms with Crippen molar-refractivity contribution in [3.63, 3.8) is 0 Å². The van der Waals surface area contributed by atoms with E-state index in [9.17, 15) is 13.2 Å². The highest BCUT2D eigenvalue weighted by atomic mass is 19.2. The molecule has 0 radical (unpaired) electrons. The highest BCUT2D eigenvalue weighted by Gasteiger charge is 2.25. The van der Waals surface area contributed by atoms with Crippen LogP contribution in [0.5, 0.6) is 0 Å². The van der Waals surface area contributed by atoms with Gasteiger partial charge in [0.05, 0.1) is 0 Å². The molecule has 2 nitrogen and oxygen atoms in total. The van der Waals surface area contributed by atoms with Crippen LogP contribution in [0.1, 0.15) is 25.5 Å². The lowest BCUT2D eigenvalue weighted by molar-refractivity contribution is 0.155. The second-order valence-corrected chi connectivity index (χ2v) is 4.82. The Kier molecular flexibility index (Phi) is 3.92. The van der Waals surface area contributed by atoms with Gasteiger partial charge in [0.1, 0.15) is 5.82 Å². The van der Waals surface area contributed by atoms with Crippen molar-refractivity contribution in [2.45, 2.75) is 25.9 Å². The van der Waals surface area contributed by atoms with Crippen molar-refractivity contribution in [1.29, 1.82) is 0 Å². The molecule has 0 spiro atoms. The van der Waals surface area contributed by atoms with E-state index in [1.54, 1.807) is 6.92 Å². The van der Waals surface area contributed by atoms with Gasteiger partial charge in [0.15, 0.2) is 11.6 Å². The van der Waals surface area contributed by atoms with Gasteiger partial charge in [-0.25, -0.2) is 13.2 Å². The summed E-state index contributed by atoms with van der Waals surface area (Å²) >= 11 is 0. The molecule has 0 amide bonds. The lowest BCUT2D eigenvalue weighted by Crippen LogP contribution is -2.49. The van der Waals surface area contributed by atoms with Crippen molar-refractivity contribution < 1.29 is 13.2 Å². The second-order valence-electron chi connectivity index (χ2n) is 4.82. The topological polar surface area (TPSA) is 15.3 Å². The van der Waals surface area contributed by atoms with Crippen LogP contribution in [0.4, 0.5) is 13.2 Å². The van der Waals surface area contributed by atoms with Crippen molar-refractivity contribution in [3.05, 3.63) is 35.1 Å². The first-order chi connectivity index (χ1) is 8.49. The predicted molar refractivity (Wildman–Crippen MR) is 63.8 cm³/mol. The van der Waals surface area contributed by atoms with Gasteiger partial charge in [-0.2, -0.15) is 0 Å². The summed E-state index contributed by atoms with van der Waals surface area (Å²) < 4.78 is 40.1. The first kappa shape index (κ1) is 13.4. The molecule has 1 heterocycles. The van der Waals surface area contributed by atoms with Gasteiger partial charge in [0, 0.05) is 43.3 Å². The number of benzene rings is 1. The lowest BCUT2D eigenvalue weighted by Gasteiger charge is -2.36. The normalized spacial score (nSPS) is 23.1. The van der Waals surface area contributed by atoms with Crippen molar-refractivity contribution in [2.24, 2.45) is 0 Å². The molecule has 1 aliphatic rings. The average molecular weight is 258 g/mol. The van der Waals surface area contributed by atoms with Gasteiger partial charge in [-0.15, -0.1) is 0 Å². The van der Waals surface area contributed by atoms with E-state index in [4.69, 9.17) is 0 Å². The zero-order chi connectivity index (χ0) is 13.3. The summed E-state index contributed by atoms with van der Waals surface area (Å²) in [5.74, 6) is -2.81. The maximum atomic E-state index is 13.7. The first-order valence-corrected chi connectivity index (χ1v) is 6.11. The molecule has 1 saturated heterocycles. The molecule has 1 fully saturated rings. The van der Waals surface area contributed by atoms with E-state index >= 15 is 0 Å². The minimum Gasteiger partial charge on any atom is -0.312 e. The number of rotatable bonds is 2. The summed E-state index contributed by atoms with van der Waals surface area (Å²) in [5.41, 5.74) is 0.0848. The fourth-order valence-electron chi connectivity index (χ4n) is 2.39. The number of halogens is 3. The standard InChI is InChI=1S/C13H17F3N2/c1-8-7-18(4-3-17-8)9(2)11-5-10(14)6-12(15)13(11)16/h5-6,8-9,17H,3-4,7H2,1-2H3/t8-,9+/m1/s1. The van der Waals surface area contributed by atoms with Crippen LogP contribution in [0.15, 0.2) is 12.1 Å². The van der Waals surface area contributed by atoms with Gasteiger partial charge >= 0.3 is 0 Å². The Bertz CT molecular complexity index is 436. The van der Waals surface area contributed by atoms with Crippen LogP contribution in [0, 0.1) is 17.5 Å². The molecule has 1 N–H and O–H groups in total. The van der Waals surface area contributed by atoms with Crippen LogP contribution < -0.4 is 5.32 Å². The van der Waals surface area contributed by atoms with Crippen molar-refractivity contribution in [2.75, 3.05) is 19.6 Å². The Morgan fingerprint density at radius 3 is 2.72 bits per heavy atom. The smallest absolute Gasteiger partial charge is 0.163 e. The molecular weight excluding hydrogens is 241 g/mol. The van der Waals surface area contributed by atoms with Crippen LogP contribution in [0.25, 0.3) is 0 Å². The zero-order valence-corrected chi connectivity index (χ0v) is 10.5. The van der Waals surface area contributed by atoms with Gasteiger partial charge in [0.25, 0.3) is 0 Å². The quantitative estimate of drug-likeness (QED) is 0.820. The maximum absolute atomic E-state index is 13.7. The van der Waals surface area contributed by atoms with Crippen molar-refractivity contribution in [3.8, 4) is 0 Å². The Morgan fingerprint density at radius 1 is 1.33 bits per heavy atom. The number of hydrogen-bond donors (Lipinski definition) is 1. The zero-order valence-electron chi connectivity index (χ0n) is 10.5. The molecule has 0 aliphatic carbocycles. The lowest BCUT2D eigenvalue weighted by atomic mass is 10.0. The summed E-state index contributed by atoms with van der Waals surface area (Å²) in [4.78, 5) is 2.03. The van der Waals surface area contributed by atoms with E-state index in [0.29, 0.717) is 12.1 Å². The minimum absolute atomic E-state index is 0.0848. The van der Waals surface area contributed by atoms with E-state index in [-0.39, 0.29) is 11.6 Å². The molecule has 2 atom stereocenters. The van der Waals surface area contributed by atoms with E-state index in [2.05, 4.69) is 5.32 Å². The number of nitrogens with zero attached hydrogens (tertiary/aromatic N) is 1. The Morgan fingerprint density at radius 2 is 2.06 bits per heavy atom. The average Bonchev–Trinajstić information content (AvgIpc) is 2.33. The number of nitrogens with one attached hydrogen (secondary N) is 1. The SMILES string of the molecule is C[C@@H]1CN([C@@H](C)c2cc(F)cc(F)c2F)CCN1. The Balaban J connectivity index is 2.25. The highest BCUT2D eigenvalue weighted by Crippen LogP contribution is 2.26. The molecule has 1 aromatic rings. The van der Waals surface area contributed by atoms with Gasteiger partial charge in [-0.1, -0.05) is 0 Å². The minimum atomic E-state index is -1.12. The summed E-state index contributed by atoms with van der Waals surface area (Å²) in [7, 11) is 0. The van der Waals surface area contributed by atoms with Crippen LogP contribution in [-0.2, 0) is 0 Å². The molecule has 2 rings (SSSR count). The highest BCUT2D eigenvalue weighted by molar-refractivity contribution is 5.23.